The van der Waals surface area contributed by atoms with Crippen molar-refractivity contribution in [1.29, 1.82) is 0 Å². The smallest absolute Gasteiger partial charge is 0.188 e. The monoisotopic (exact) mass is 367 g/mol. The van der Waals surface area contributed by atoms with Gasteiger partial charge in [0.25, 0.3) is 0 Å². The van der Waals surface area contributed by atoms with Crippen molar-refractivity contribution < 1.29 is 4.74 Å². The molecule has 1 aliphatic rings. The van der Waals surface area contributed by atoms with Gasteiger partial charge in [0.2, 0.25) is 0 Å². The summed E-state index contributed by atoms with van der Waals surface area (Å²) in [6.07, 6.45) is 9.12. The summed E-state index contributed by atoms with van der Waals surface area (Å²) in [6.45, 7) is 5.60. The average Bonchev–Trinajstić information content (AvgIpc) is 2.35. The second kappa shape index (κ2) is 11.8. The summed E-state index contributed by atoms with van der Waals surface area (Å²) < 4.78 is 5.35. The molecule has 0 aromatic heterocycles. The number of rotatable bonds is 7. The Labute approximate surface area is 127 Å². The van der Waals surface area contributed by atoms with E-state index in [9.17, 15) is 0 Å². The number of nitrogens with zero attached hydrogens (tertiary/aromatic N) is 1. The SMILES string of the molecule is C=CCCOCCN=C(N)NC1CCCCC1.I. The summed E-state index contributed by atoms with van der Waals surface area (Å²) in [5.41, 5.74) is 5.81. The molecule has 1 fully saturated rings. The van der Waals surface area contributed by atoms with Crippen molar-refractivity contribution in [3.05, 3.63) is 12.7 Å². The third-order valence-electron chi connectivity index (χ3n) is 2.94. The van der Waals surface area contributed by atoms with Crippen LogP contribution in [0.15, 0.2) is 17.6 Å². The maximum absolute atomic E-state index is 5.81. The van der Waals surface area contributed by atoms with Crippen LogP contribution in [-0.2, 0) is 4.74 Å². The summed E-state index contributed by atoms with van der Waals surface area (Å²) in [7, 11) is 0. The first-order valence-corrected chi connectivity index (χ1v) is 6.58. The molecule has 0 aromatic carbocycles. The Morgan fingerprint density at radius 2 is 2.06 bits per heavy atom. The molecule has 3 N–H and O–H groups in total. The number of ether oxygens (including phenoxy) is 1. The molecule has 5 heteroatoms. The van der Waals surface area contributed by atoms with Gasteiger partial charge in [-0.3, -0.25) is 4.99 Å². The van der Waals surface area contributed by atoms with Crippen molar-refractivity contribution in [2.75, 3.05) is 19.8 Å². The molecule has 0 radical (unpaired) electrons. The Balaban J connectivity index is 0.00000289. The predicted octanol–water partition coefficient (Wildman–Crippen LogP) is 2.43. The van der Waals surface area contributed by atoms with E-state index < -0.39 is 0 Å². The molecule has 18 heavy (non-hydrogen) atoms. The van der Waals surface area contributed by atoms with Crippen LogP contribution >= 0.6 is 24.0 Å². The molecule has 0 amide bonds. The first-order chi connectivity index (χ1) is 8.33. The Morgan fingerprint density at radius 3 is 2.72 bits per heavy atom. The van der Waals surface area contributed by atoms with Gasteiger partial charge in [-0.25, -0.2) is 0 Å². The highest BCUT2D eigenvalue weighted by molar-refractivity contribution is 14.0. The minimum Gasteiger partial charge on any atom is -0.379 e. The maximum Gasteiger partial charge on any atom is 0.188 e. The number of aliphatic imine (C=N–C) groups is 1. The van der Waals surface area contributed by atoms with Gasteiger partial charge in [-0.05, 0) is 19.3 Å². The standard InChI is InChI=1S/C13H25N3O.HI/c1-2-3-10-17-11-9-15-13(14)16-12-7-5-4-6-8-12;/h2,12H,1,3-11H2,(H3,14,15,16);1H. The molecule has 1 rings (SSSR count). The maximum atomic E-state index is 5.81. The summed E-state index contributed by atoms with van der Waals surface area (Å²) in [4.78, 5) is 4.25. The van der Waals surface area contributed by atoms with Crippen LogP contribution in [0, 0.1) is 0 Å². The second-order valence-electron chi connectivity index (χ2n) is 4.44. The third-order valence-corrected chi connectivity index (χ3v) is 2.94. The number of guanidine groups is 1. The van der Waals surface area contributed by atoms with Crippen LogP contribution in [0.2, 0.25) is 0 Å². The zero-order valence-corrected chi connectivity index (χ0v) is 13.4. The van der Waals surface area contributed by atoms with Crippen LogP contribution in [0.25, 0.3) is 0 Å². The fraction of sp³-hybridized carbons (Fsp3) is 0.769. The molecular formula is C13H26IN3O. The van der Waals surface area contributed by atoms with E-state index >= 15 is 0 Å². The van der Waals surface area contributed by atoms with Crippen LogP contribution in [-0.4, -0.2) is 31.8 Å². The Morgan fingerprint density at radius 1 is 1.33 bits per heavy atom. The lowest BCUT2D eigenvalue weighted by Crippen LogP contribution is -2.41. The van der Waals surface area contributed by atoms with Gasteiger partial charge in [0.05, 0.1) is 19.8 Å². The zero-order chi connectivity index (χ0) is 12.3. The Kier molecular flexibility index (Phi) is 11.6. The largest absolute Gasteiger partial charge is 0.379 e. The lowest BCUT2D eigenvalue weighted by Gasteiger charge is -2.23. The Hall–Kier alpha value is -0.300. The number of hydrogen-bond donors (Lipinski definition) is 2. The summed E-state index contributed by atoms with van der Waals surface area (Å²) >= 11 is 0. The van der Waals surface area contributed by atoms with E-state index in [4.69, 9.17) is 10.5 Å². The highest BCUT2D eigenvalue weighted by atomic mass is 127. The summed E-state index contributed by atoms with van der Waals surface area (Å²) in [5.74, 6) is 0.559. The van der Waals surface area contributed by atoms with Crippen LogP contribution in [0.4, 0.5) is 0 Å². The molecular weight excluding hydrogens is 341 g/mol. The number of nitrogens with one attached hydrogen (secondary N) is 1. The molecule has 0 atom stereocenters. The van der Waals surface area contributed by atoms with Crippen LogP contribution in [0.5, 0.6) is 0 Å². The van der Waals surface area contributed by atoms with Gasteiger partial charge < -0.3 is 15.8 Å². The van der Waals surface area contributed by atoms with E-state index in [1.807, 2.05) is 6.08 Å². The van der Waals surface area contributed by atoms with Gasteiger partial charge in [0, 0.05) is 6.04 Å². The topological polar surface area (TPSA) is 59.6 Å². The average molecular weight is 367 g/mol. The van der Waals surface area contributed by atoms with Crippen LogP contribution < -0.4 is 11.1 Å². The van der Waals surface area contributed by atoms with E-state index in [1.54, 1.807) is 0 Å². The van der Waals surface area contributed by atoms with Crippen LogP contribution in [0.3, 0.4) is 0 Å². The van der Waals surface area contributed by atoms with E-state index in [2.05, 4.69) is 16.9 Å². The van der Waals surface area contributed by atoms with Gasteiger partial charge in [-0.1, -0.05) is 25.3 Å². The van der Waals surface area contributed by atoms with E-state index in [0.29, 0.717) is 25.2 Å². The molecule has 0 bridgehead atoms. The quantitative estimate of drug-likeness (QED) is 0.239. The lowest BCUT2D eigenvalue weighted by atomic mass is 9.96. The highest BCUT2D eigenvalue weighted by Gasteiger charge is 2.12. The second-order valence-corrected chi connectivity index (χ2v) is 4.44. The van der Waals surface area contributed by atoms with Crippen molar-refractivity contribution in [2.24, 2.45) is 10.7 Å². The van der Waals surface area contributed by atoms with E-state index in [1.165, 1.54) is 32.1 Å². The normalized spacial score (nSPS) is 17.0. The molecule has 0 aromatic rings. The predicted molar refractivity (Wildman–Crippen MR) is 87.5 cm³/mol. The highest BCUT2D eigenvalue weighted by Crippen LogP contribution is 2.16. The third kappa shape index (κ3) is 8.74. The number of nitrogens with two attached hydrogens (primary N) is 1. The fourth-order valence-corrected chi connectivity index (χ4v) is 2.00. The van der Waals surface area contributed by atoms with Crippen molar-refractivity contribution >= 4 is 29.9 Å². The van der Waals surface area contributed by atoms with E-state index in [0.717, 1.165) is 13.0 Å². The molecule has 0 heterocycles. The van der Waals surface area contributed by atoms with Gasteiger partial charge in [0.15, 0.2) is 5.96 Å². The number of hydrogen-bond acceptors (Lipinski definition) is 2. The van der Waals surface area contributed by atoms with Crippen molar-refractivity contribution in [3.8, 4) is 0 Å². The van der Waals surface area contributed by atoms with Gasteiger partial charge >= 0.3 is 0 Å². The van der Waals surface area contributed by atoms with Gasteiger partial charge in [0.1, 0.15) is 0 Å². The minimum atomic E-state index is 0. The van der Waals surface area contributed by atoms with Crippen molar-refractivity contribution in [2.45, 2.75) is 44.6 Å². The molecule has 4 nitrogen and oxygen atoms in total. The molecule has 1 saturated carbocycles. The minimum absolute atomic E-state index is 0. The summed E-state index contributed by atoms with van der Waals surface area (Å²) in [5, 5.41) is 3.28. The van der Waals surface area contributed by atoms with Gasteiger partial charge in [-0.2, -0.15) is 0 Å². The fourth-order valence-electron chi connectivity index (χ4n) is 2.00. The lowest BCUT2D eigenvalue weighted by molar-refractivity contribution is 0.146. The van der Waals surface area contributed by atoms with E-state index in [-0.39, 0.29) is 24.0 Å². The molecule has 1 aliphatic carbocycles. The molecule has 106 valence electrons. The molecule has 0 aliphatic heterocycles. The first kappa shape index (κ1) is 17.7. The molecule has 0 unspecified atom stereocenters. The summed E-state index contributed by atoms with van der Waals surface area (Å²) in [6, 6.07) is 0.522. The molecule has 0 spiro atoms. The Bertz CT molecular complexity index is 240. The van der Waals surface area contributed by atoms with Crippen molar-refractivity contribution in [3.63, 3.8) is 0 Å². The van der Waals surface area contributed by atoms with Crippen LogP contribution in [0.1, 0.15) is 38.5 Å². The zero-order valence-electron chi connectivity index (χ0n) is 11.1. The first-order valence-electron chi connectivity index (χ1n) is 6.58. The number of halogens is 1. The molecule has 0 saturated heterocycles. The van der Waals surface area contributed by atoms with Gasteiger partial charge in [-0.15, -0.1) is 30.6 Å². The van der Waals surface area contributed by atoms with Crippen molar-refractivity contribution in [1.82, 2.24) is 5.32 Å².